The predicted molar refractivity (Wildman–Crippen MR) is 60.6 cm³/mol. The van der Waals surface area contributed by atoms with Gasteiger partial charge in [-0.3, -0.25) is 4.79 Å². The van der Waals surface area contributed by atoms with Gasteiger partial charge in [-0.25, -0.2) is 0 Å². The maximum atomic E-state index is 10.5. The Morgan fingerprint density at radius 2 is 2.29 bits per heavy atom. The molecule has 3 N–H and O–H groups in total. The van der Waals surface area contributed by atoms with Crippen LogP contribution in [0.25, 0.3) is 10.4 Å². The molecule has 0 aliphatic rings. The van der Waals surface area contributed by atoms with Crippen LogP contribution < -0.4 is 0 Å². The molecule has 2 unspecified atom stereocenters. The van der Waals surface area contributed by atoms with Gasteiger partial charge in [-0.05, 0) is 22.5 Å². The van der Waals surface area contributed by atoms with Crippen molar-refractivity contribution in [2.24, 2.45) is 5.11 Å². The lowest BCUT2D eigenvalue weighted by atomic mass is 10.1. The molecule has 0 spiro atoms. The molecule has 17 heavy (non-hydrogen) atoms. The summed E-state index contributed by atoms with van der Waals surface area (Å²) >= 11 is 1.19. The van der Waals surface area contributed by atoms with E-state index in [1.807, 2.05) is 0 Å². The highest BCUT2D eigenvalue weighted by atomic mass is 32.1. The Labute approximate surface area is 101 Å². The fourth-order valence-electron chi connectivity index (χ4n) is 1.24. The minimum atomic E-state index is -1.20. The highest BCUT2D eigenvalue weighted by Crippen LogP contribution is 2.24. The number of aliphatic hydroxyl groups excluding tert-OH is 2. The molecule has 8 heteroatoms. The molecular weight excluding hydrogens is 246 g/mol. The van der Waals surface area contributed by atoms with Crippen molar-refractivity contribution in [3.8, 4) is 0 Å². The summed E-state index contributed by atoms with van der Waals surface area (Å²) < 4.78 is 0. The Balaban J connectivity index is 2.68. The van der Waals surface area contributed by atoms with Crippen LogP contribution in [0.4, 0.5) is 0 Å². The number of carboxylic acid groups (broad SMARTS) is 1. The average Bonchev–Trinajstić information content (AvgIpc) is 2.72. The average molecular weight is 257 g/mol. The molecule has 0 aliphatic heterocycles. The van der Waals surface area contributed by atoms with Crippen LogP contribution in [0.2, 0.25) is 0 Å². The quantitative estimate of drug-likeness (QED) is 0.400. The first-order chi connectivity index (χ1) is 8.04. The van der Waals surface area contributed by atoms with E-state index in [0.29, 0.717) is 10.4 Å². The lowest BCUT2D eigenvalue weighted by molar-refractivity contribution is -0.136. The molecule has 92 valence electrons. The molecular formula is C9H11N3O4S. The third kappa shape index (κ3) is 4.04. The summed E-state index contributed by atoms with van der Waals surface area (Å²) in [6, 6.07) is 1.52. The lowest BCUT2D eigenvalue weighted by Crippen LogP contribution is -2.20. The van der Waals surface area contributed by atoms with E-state index in [2.05, 4.69) is 10.0 Å². The van der Waals surface area contributed by atoms with Gasteiger partial charge in [-0.2, -0.15) is 0 Å². The molecule has 0 saturated carbocycles. The summed E-state index contributed by atoms with van der Waals surface area (Å²) in [6.45, 7) is -0.234. The number of nitrogens with zero attached hydrogens (tertiary/aromatic N) is 3. The number of carbonyl (C=O) groups is 1. The van der Waals surface area contributed by atoms with Gasteiger partial charge in [0.2, 0.25) is 0 Å². The van der Waals surface area contributed by atoms with Gasteiger partial charge in [0, 0.05) is 9.79 Å². The van der Waals surface area contributed by atoms with Crippen LogP contribution in [0, 0.1) is 0 Å². The van der Waals surface area contributed by atoms with Crippen molar-refractivity contribution >= 4 is 17.3 Å². The van der Waals surface area contributed by atoms with Crippen LogP contribution in [-0.2, 0) is 11.2 Å². The fourth-order valence-corrected chi connectivity index (χ4v) is 2.14. The minimum Gasteiger partial charge on any atom is -0.481 e. The van der Waals surface area contributed by atoms with Crippen LogP contribution in [0.1, 0.15) is 16.5 Å². The number of hydrogen-bond donors (Lipinski definition) is 3. The Morgan fingerprint density at radius 3 is 2.88 bits per heavy atom. The first-order valence-corrected chi connectivity index (χ1v) is 5.58. The van der Waals surface area contributed by atoms with Crippen LogP contribution in [0.15, 0.2) is 16.6 Å². The van der Waals surface area contributed by atoms with Gasteiger partial charge in [0.25, 0.3) is 0 Å². The van der Waals surface area contributed by atoms with E-state index in [0.717, 1.165) is 0 Å². The van der Waals surface area contributed by atoms with Crippen molar-refractivity contribution in [2.75, 3.05) is 6.54 Å². The highest BCUT2D eigenvalue weighted by molar-refractivity contribution is 7.10. The van der Waals surface area contributed by atoms with Crippen molar-refractivity contribution in [2.45, 2.75) is 18.6 Å². The molecule has 1 aromatic heterocycles. The topological polar surface area (TPSA) is 127 Å². The second-order valence-corrected chi connectivity index (χ2v) is 4.34. The number of hydrogen-bond acceptors (Lipinski definition) is 5. The summed E-state index contributed by atoms with van der Waals surface area (Å²) in [4.78, 5) is 13.5. The largest absolute Gasteiger partial charge is 0.481 e. The minimum absolute atomic E-state index is 0.121. The van der Waals surface area contributed by atoms with Crippen LogP contribution >= 0.6 is 11.3 Å². The zero-order valence-corrected chi connectivity index (χ0v) is 9.54. The van der Waals surface area contributed by atoms with Crippen molar-refractivity contribution in [1.29, 1.82) is 0 Å². The van der Waals surface area contributed by atoms with Crippen molar-refractivity contribution < 1.29 is 20.1 Å². The van der Waals surface area contributed by atoms with Crippen molar-refractivity contribution in [1.82, 2.24) is 0 Å². The van der Waals surface area contributed by atoms with E-state index >= 15 is 0 Å². The predicted octanol–water partition coefficient (Wildman–Crippen LogP) is 1.08. The third-order valence-electron chi connectivity index (χ3n) is 2.04. The van der Waals surface area contributed by atoms with Gasteiger partial charge in [0.1, 0.15) is 6.10 Å². The highest BCUT2D eigenvalue weighted by Gasteiger charge is 2.19. The molecule has 1 heterocycles. The van der Waals surface area contributed by atoms with Gasteiger partial charge in [-0.15, -0.1) is 11.3 Å². The summed E-state index contributed by atoms with van der Waals surface area (Å²) in [6.07, 6.45) is -2.50. The molecule has 7 nitrogen and oxygen atoms in total. The summed E-state index contributed by atoms with van der Waals surface area (Å²) in [5, 5.41) is 32.5. The second kappa shape index (κ2) is 6.21. The van der Waals surface area contributed by atoms with Crippen LogP contribution in [-0.4, -0.2) is 33.9 Å². The van der Waals surface area contributed by atoms with E-state index < -0.39 is 18.2 Å². The molecule has 0 amide bonds. The molecule has 2 atom stereocenters. The van der Waals surface area contributed by atoms with Crippen molar-refractivity contribution in [3.05, 3.63) is 32.3 Å². The van der Waals surface area contributed by atoms with E-state index in [-0.39, 0.29) is 13.0 Å². The zero-order chi connectivity index (χ0) is 12.8. The van der Waals surface area contributed by atoms with E-state index in [1.54, 1.807) is 5.38 Å². The maximum Gasteiger partial charge on any atom is 0.308 e. The summed E-state index contributed by atoms with van der Waals surface area (Å²) in [7, 11) is 0. The number of aliphatic hydroxyl groups is 2. The molecule has 0 fully saturated rings. The molecule has 0 aliphatic carbocycles. The van der Waals surface area contributed by atoms with Gasteiger partial charge >= 0.3 is 5.97 Å². The normalized spacial score (nSPS) is 13.8. The second-order valence-electron chi connectivity index (χ2n) is 3.34. The number of rotatable bonds is 6. The van der Waals surface area contributed by atoms with E-state index in [1.165, 1.54) is 17.4 Å². The number of carboxylic acids is 1. The van der Waals surface area contributed by atoms with Gasteiger partial charge in [-0.1, -0.05) is 5.11 Å². The Morgan fingerprint density at radius 1 is 1.59 bits per heavy atom. The van der Waals surface area contributed by atoms with Gasteiger partial charge < -0.3 is 15.3 Å². The fraction of sp³-hybridized carbons (Fsp3) is 0.444. The number of azide groups is 1. The van der Waals surface area contributed by atoms with Gasteiger partial charge in [0.15, 0.2) is 0 Å². The van der Waals surface area contributed by atoms with Crippen LogP contribution in [0.5, 0.6) is 0 Å². The Bertz CT molecular complexity index is 441. The maximum absolute atomic E-state index is 10.5. The Kier molecular flexibility index (Phi) is 4.92. The molecule has 1 rings (SSSR count). The lowest BCUT2D eigenvalue weighted by Gasteiger charge is -2.14. The first-order valence-electron chi connectivity index (χ1n) is 4.70. The third-order valence-corrected chi connectivity index (χ3v) is 2.99. The first kappa shape index (κ1) is 13.5. The van der Waals surface area contributed by atoms with Gasteiger partial charge in [0.05, 0.1) is 19.1 Å². The number of thiophene rings is 1. The van der Waals surface area contributed by atoms with E-state index in [4.69, 9.17) is 10.6 Å². The molecule has 0 saturated heterocycles. The molecule has 0 bridgehead atoms. The standard InChI is InChI=1S/C9H11N3O4S/c10-12-11-3-7(13)9(16)5-1-6(17-4-5)2-8(14)15/h1,4,7,9,13,16H,2-3H2,(H,14,15). The monoisotopic (exact) mass is 257 g/mol. The van der Waals surface area contributed by atoms with Crippen LogP contribution in [0.3, 0.4) is 0 Å². The summed E-state index contributed by atoms with van der Waals surface area (Å²) in [5.74, 6) is -0.956. The smallest absolute Gasteiger partial charge is 0.308 e. The molecule has 0 radical (unpaired) electrons. The zero-order valence-electron chi connectivity index (χ0n) is 8.72. The molecule has 1 aromatic rings. The number of aliphatic carboxylic acids is 1. The summed E-state index contributed by atoms with van der Waals surface area (Å²) in [5.41, 5.74) is 8.50. The SMILES string of the molecule is [N-]=[N+]=NCC(O)C(O)c1csc(CC(=O)O)c1. The molecule has 0 aromatic carbocycles. The van der Waals surface area contributed by atoms with Crippen molar-refractivity contribution in [3.63, 3.8) is 0 Å². The van der Waals surface area contributed by atoms with E-state index in [9.17, 15) is 15.0 Å². The Hall–Kier alpha value is -1.60.